The molecule has 2 aromatic carbocycles. The van der Waals surface area contributed by atoms with Gasteiger partial charge in [0.2, 0.25) is 11.4 Å². The van der Waals surface area contributed by atoms with E-state index in [0.29, 0.717) is 30.1 Å². The molecule has 2 aliphatic rings. The zero-order valence-corrected chi connectivity index (χ0v) is 16.8. The van der Waals surface area contributed by atoms with Gasteiger partial charge in [0.05, 0.1) is 11.2 Å². The molecule has 1 atom stereocenters. The molecule has 0 radical (unpaired) electrons. The number of fused-ring (bicyclic) bond motifs is 3. The molecule has 3 aromatic rings. The first-order valence-electron chi connectivity index (χ1n) is 8.79. The number of carbonyl (C=O) groups excluding carboxylic acids is 1. The van der Waals surface area contributed by atoms with Crippen LogP contribution in [0.5, 0.6) is 0 Å². The number of nitrogens with zero attached hydrogens (tertiary/aromatic N) is 3. The number of aliphatic imine (C=N–C) groups is 1. The smallest absolute Gasteiger partial charge is 0.205 e. The summed E-state index contributed by atoms with van der Waals surface area (Å²) in [6, 6.07) is 15.9. The zero-order valence-electron chi connectivity index (χ0n) is 14.6. The van der Waals surface area contributed by atoms with Gasteiger partial charge in [-0.2, -0.15) is 0 Å². The lowest BCUT2D eigenvalue weighted by Gasteiger charge is -2.31. The van der Waals surface area contributed by atoms with Crippen LogP contribution >= 0.6 is 23.0 Å². The van der Waals surface area contributed by atoms with Gasteiger partial charge in [-0.25, -0.2) is 4.99 Å². The molecule has 0 N–H and O–H groups in total. The first kappa shape index (κ1) is 16.8. The summed E-state index contributed by atoms with van der Waals surface area (Å²) in [5, 5.41) is 1.06. The van der Waals surface area contributed by atoms with E-state index in [1.807, 2.05) is 72.4 Å². The van der Waals surface area contributed by atoms with Gasteiger partial charge in [-0.1, -0.05) is 17.7 Å². The average molecular weight is 469 g/mol. The molecule has 5 nitrogen and oxygen atoms in total. The minimum Gasteiger partial charge on any atom is -0.327 e. The lowest BCUT2D eigenvalue weighted by Crippen LogP contribution is -2.49. The highest BCUT2D eigenvalue weighted by Gasteiger charge is 2.55. The quantitative estimate of drug-likeness (QED) is 0.507. The molecule has 1 saturated heterocycles. The van der Waals surface area contributed by atoms with Crippen LogP contribution in [0.3, 0.4) is 0 Å². The molecule has 0 saturated carbocycles. The summed E-state index contributed by atoms with van der Waals surface area (Å²) in [5.41, 5.74) is 3.30. The summed E-state index contributed by atoms with van der Waals surface area (Å²) in [5.74, 6) is 0.659. The topological polar surface area (TPSA) is 54.8 Å². The van der Waals surface area contributed by atoms with E-state index in [4.69, 9.17) is 8.06 Å². The monoisotopic (exact) mass is 469 g/mol. The van der Waals surface area contributed by atoms with E-state index in [1.54, 1.807) is 6.20 Å². The maximum Gasteiger partial charge on any atom is 0.205 e. The van der Waals surface area contributed by atoms with Crippen LogP contribution in [-0.2, 0) is 3.07 Å². The fourth-order valence-electron chi connectivity index (χ4n) is 3.92. The van der Waals surface area contributed by atoms with Crippen LogP contribution in [0.1, 0.15) is 22.3 Å². The van der Waals surface area contributed by atoms with Crippen molar-refractivity contribution in [1.29, 1.82) is 0 Å². The summed E-state index contributed by atoms with van der Waals surface area (Å²) in [6.07, 6.45) is 2.36. The molecule has 0 aliphatic carbocycles. The number of pyridine rings is 1. The van der Waals surface area contributed by atoms with Gasteiger partial charge < -0.3 is 4.90 Å². The third kappa shape index (κ3) is 2.43. The maximum atomic E-state index is 13.3. The molecule has 0 spiro atoms. The van der Waals surface area contributed by atoms with E-state index in [9.17, 15) is 4.79 Å². The summed E-state index contributed by atoms with van der Waals surface area (Å²) in [7, 11) is 0. The van der Waals surface area contributed by atoms with Crippen LogP contribution in [0.4, 0.5) is 11.4 Å². The summed E-state index contributed by atoms with van der Waals surface area (Å²) >= 11 is 1.84. The number of hydrogen-bond acceptors (Lipinski definition) is 5. The van der Waals surface area contributed by atoms with Crippen molar-refractivity contribution >= 4 is 56.9 Å². The second-order valence-corrected chi connectivity index (χ2v) is 7.41. The minimum atomic E-state index is -1.02. The fraction of sp³-hybridized carbons (Fsp3) is 0.190. The van der Waals surface area contributed by atoms with Crippen molar-refractivity contribution < 1.29 is 7.86 Å². The van der Waals surface area contributed by atoms with Crippen molar-refractivity contribution in [2.24, 2.45) is 4.99 Å². The summed E-state index contributed by atoms with van der Waals surface area (Å²) in [6.45, 7) is 2.65. The number of Topliss-reactive ketones (excluding diaryl/α,β-unsaturated/α-hetero) is 1. The number of hydrogen-bond donors (Lipinski definition) is 0. The van der Waals surface area contributed by atoms with Gasteiger partial charge in [-0.05, 0) is 43.3 Å². The van der Waals surface area contributed by atoms with Gasteiger partial charge in [0, 0.05) is 35.8 Å². The molecule has 0 bridgehead atoms. The summed E-state index contributed by atoms with van der Waals surface area (Å²) < 4.78 is 5.79. The van der Waals surface area contributed by atoms with Gasteiger partial charge in [-0.15, -0.1) is 0 Å². The molecule has 1 fully saturated rings. The van der Waals surface area contributed by atoms with Crippen molar-refractivity contribution in [2.75, 3.05) is 11.4 Å². The second-order valence-electron chi connectivity index (χ2n) is 6.97. The third-order valence-corrected chi connectivity index (χ3v) is 6.08. The van der Waals surface area contributed by atoms with Crippen molar-refractivity contribution in [2.45, 2.75) is 18.9 Å². The Morgan fingerprint density at radius 3 is 2.93 bits per heavy atom. The van der Waals surface area contributed by atoms with E-state index < -0.39 is 5.60 Å². The van der Waals surface area contributed by atoms with Crippen molar-refractivity contribution in [3.8, 4) is 0 Å². The van der Waals surface area contributed by atoms with Crippen LogP contribution in [0.25, 0.3) is 10.9 Å². The number of amidine groups is 1. The lowest BCUT2D eigenvalue weighted by atomic mass is 9.87. The molecule has 3 heterocycles. The number of aryl methyl sites for hydroxylation is 1. The van der Waals surface area contributed by atoms with Gasteiger partial charge in [0.15, 0.2) is 5.84 Å². The number of benzene rings is 2. The average Bonchev–Trinajstić information content (AvgIpc) is 3.08. The number of anilines is 1. The Morgan fingerprint density at radius 2 is 2.07 bits per heavy atom. The number of carbonyl (C=O) groups is 1. The Labute approximate surface area is 170 Å². The van der Waals surface area contributed by atoms with Crippen LogP contribution in [0.15, 0.2) is 59.7 Å². The Kier molecular flexibility index (Phi) is 3.80. The van der Waals surface area contributed by atoms with Gasteiger partial charge in [-0.3, -0.25) is 12.8 Å². The molecule has 134 valence electrons. The fourth-order valence-corrected chi connectivity index (χ4v) is 4.54. The molecule has 2 aliphatic heterocycles. The third-order valence-electron chi connectivity index (χ3n) is 5.32. The Morgan fingerprint density at radius 1 is 1.19 bits per heavy atom. The largest absolute Gasteiger partial charge is 0.327 e. The van der Waals surface area contributed by atoms with E-state index in [-0.39, 0.29) is 5.78 Å². The zero-order chi connectivity index (χ0) is 18.6. The predicted octanol–water partition coefficient (Wildman–Crippen LogP) is 4.79. The molecule has 0 amide bonds. The molecule has 1 aromatic heterocycles. The molecule has 0 unspecified atom stereocenters. The highest BCUT2D eigenvalue weighted by molar-refractivity contribution is 14.1. The molecule has 5 rings (SSSR count). The standard InChI is InChI=1S/C21H16IN3O2/c1-13-4-6-18-16(11-13)19(26)21(27-22)8-10-25(20(21)24-18)15-5-7-17-14(12-15)3-2-9-23-17/h2-7,9,11-12H,8,10H2,1H3/t21-/m1/s1. The number of halogens is 1. The highest BCUT2D eigenvalue weighted by atomic mass is 127. The van der Waals surface area contributed by atoms with Crippen LogP contribution in [0, 0.1) is 6.92 Å². The van der Waals surface area contributed by atoms with Gasteiger partial charge in [0.1, 0.15) is 23.0 Å². The SMILES string of the molecule is Cc1ccc2c(c1)C(=O)[C@]1(OI)CCN(c3ccc4ncccc4c3)C1=N2. The molecule has 27 heavy (non-hydrogen) atoms. The molecule has 6 heteroatoms. The van der Waals surface area contributed by atoms with Gasteiger partial charge in [0.25, 0.3) is 0 Å². The van der Waals surface area contributed by atoms with E-state index in [2.05, 4.69) is 16.0 Å². The van der Waals surface area contributed by atoms with Crippen LogP contribution in [0.2, 0.25) is 0 Å². The first-order chi connectivity index (χ1) is 13.1. The highest BCUT2D eigenvalue weighted by Crippen LogP contribution is 2.43. The first-order valence-corrected chi connectivity index (χ1v) is 9.67. The summed E-state index contributed by atoms with van der Waals surface area (Å²) in [4.78, 5) is 24.7. The second kappa shape index (κ2) is 6.10. The molecular formula is C21H16IN3O2. The van der Waals surface area contributed by atoms with Crippen molar-refractivity contribution in [1.82, 2.24) is 4.98 Å². The number of rotatable bonds is 2. The van der Waals surface area contributed by atoms with Crippen LogP contribution in [-0.4, -0.2) is 28.7 Å². The van der Waals surface area contributed by atoms with Gasteiger partial charge >= 0.3 is 0 Å². The van der Waals surface area contributed by atoms with E-state index >= 15 is 0 Å². The van der Waals surface area contributed by atoms with E-state index in [0.717, 1.165) is 22.2 Å². The van der Waals surface area contributed by atoms with Crippen LogP contribution < -0.4 is 4.90 Å². The minimum absolute atomic E-state index is 0.00874. The maximum absolute atomic E-state index is 13.3. The number of ketones is 1. The number of aromatic nitrogens is 1. The Bertz CT molecular complexity index is 1130. The normalized spacial score (nSPS) is 21.2. The Balaban J connectivity index is 1.67. The van der Waals surface area contributed by atoms with Crippen molar-refractivity contribution in [3.05, 3.63) is 65.9 Å². The Hall–Kier alpha value is -2.32. The lowest BCUT2D eigenvalue weighted by molar-refractivity contribution is 0.0769. The predicted molar refractivity (Wildman–Crippen MR) is 114 cm³/mol. The van der Waals surface area contributed by atoms with Crippen molar-refractivity contribution in [3.63, 3.8) is 0 Å². The molecular weight excluding hydrogens is 453 g/mol. The van der Waals surface area contributed by atoms with E-state index in [1.165, 1.54) is 0 Å².